The van der Waals surface area contributed by atoms with Gasteiger partial charge in [0, 0.05) is 6.54 Å². The Morgan fingerprint density at radius 2 is 1.58 bits per heavy atom. The van der Waals surface area contributed by atoms with Crippen LogP contribution in [0.5, 0.6) is 0 Å². The summed E-state index contributed by atoms with van der Waals surface area (Å²) in [7, 11) is -3.85. The van der Waals surface area contributed by atoms with Gasteiger partial charge in [0.15, 0.2) is 0 Å². The van der Waals surface area contributed by atoms with Gasteiger partial charge in [0.1, 0.15) is 0 Å². The summed E-state index contributed by atoms with van der Waals surface area (Å²) in [6.07, 6.45) is 0. The monoisotopic (exact) mass is 373 g/mol. The minimum atomic E-state index is -3.85. The van der Waals surface area contributed by atoms with Gasteiger partial charge in [-0.15, -0.1) is 0 Å². The molecule has 0 unspecified atom stereocenters. The summed E-state index contributed by atoms with van der Waals surface area (Å²) in [4.78, 5) is 28.0. The largest absolute Gasteiger partial charge is 0.316 e. The van der Waals surface area contributed by atoms with Crippen LogP contribution in [0.3, 0.4) is 0 Å². The Bertz CT molecular complexity index is 1210. The predicted octanol–water partition coefficient (Wildman–Crippen LogP) is 2.05. The third kappa shape index (κ3) is 3.03. The summed E-state index contributed by atoms with van der Waals surface area (Å²) in [5.74, 6) is 0. The van der Waals surface area contributed by atoms with E-state index in [0.29, 0.717) is 16.8 Å². The maximum absolute atomic E-state index is 13.3. The highest BCUT2D eigenvalue weighted by Gasteiger charge is 2.26. The zero-order valence-corrected chi connectivity index (χ0v) is 15.5. The standard InChI is InChI=1S/C18H19N3O4S/c1-4-21(13-7-5-6-11(2)8-13)26(24,25)16-10-15-14(9-12(16)3)19-17(22)18(23)20-15/h5-10H,4H2,1-3H3,(H,19,22)(H,20,23). The van der Waals surface area contributed by atoms with Crippen molar-refractivity contribution in [1.82, 2.24) is 9.97 Å². The number of nitrogens with one attached hydrogen (secondary N) is 2. The van der Waals surface area contributed by atoms with Gasteiger partial charge in [-0.3, -0.25) is 13.9 Å². The minimum absolute atomic E-state index is 0.0797. The lowest BCUT2D eigenvalue weighted by Gasteiger charge is -2.24. The molecule has 0 fully saturated rings. The summed E-state index contributed by atoms with van der Waals surface area (Å²) in [6, 6.07) is 10.2. The number of rotatable bonds is 4. The topological polar surface area (TPSA) is 103 Å². The number of aromatic nitrogens is 2. The molecule has 0 aliphatic carbocycles. The number of hydrogen-bond donors (Lipinski definition) is 2. The SMILES string of the molecule is CCN(c1cccc(C)c1)S(=O)(=O)c1cc2[nH]c(=O)c(=O)[nH]c2cc1C. The van der Waals surface area contributed by atoms with Crippen LogP contribution < -0.4 is 15.4 Å². The smallest absolute Gasteiger partial charge is 0.314 e. The first-order chi connectivity index (χ1) is 12.2. The number of sulfonamides is 1. The first kappa shape index (κ1) is 17.9. The van der Waals surface area contributed by atoms with Crippen LogP contribution in [0.2, 0.25) is 0 Å². The third-order valence-electron chi connectivity index (χ3n) is 4.16. The van der Waals surface area contributed by atoms with Gasteiger partial charge in [0.2, 0.25) is 0 Å². The second kappa shape index (κ2) is 6.45. The van der Waals surface area contributed by atoms with E-state index in [1.807, 2.05) is 13.0 Å². The highest BCUT2D eigenvalue weighted by atomic mass is 32.2. The van der Waals surface area contributed by atoms with E-state index in [1.165, 1.54) is 10.4 Å². The molecule has 3 rings (SSSR count). The number of anilines is 1. The Morgan fingerprint density at radius 3 is 2.15 bits per heavy atom. The first-order valence-corrected chi connectivity index (χ1v) is 9.54. The van der Waals surface area contributed by atoms with Crippen molar-refractivity contribution >= 4 is 26.7 Å². The Labute approximate surface area is 150 Å². The fourth-order valence-electron chi connectivity index (χ4n) is 2.92. The van der Waals surface area contributed by atoms with Crippen LogP contribution in [0.4, 0.5) is 5.69 Å². The second-order valence-electron chi connectivity index (χ2n) is 6.08. The molecule has 0 saturated carbocycles. The maximum atomic E-state index is 13.3. The lowest BCUT2D eigenvalue weighted by molar-refractivity contribution is 0.591. The third-order valence-corrected chi connectivity index (χ3v) is 6.21. The summed E-state index contributed by atoms with van der Waals surface area (Å²) in [5, 5.41) is 0. The van der Waals surface area contributed by atoms with E-state index in [2.05, 4.69) is 9.97 Å². The van der Waals surface area contributed by atoms with Gasteiger partial charge in [-0.2, -0.15) is 0 Å². The molecule has 2 aromatic carbocycles. The van der Waals surface area contributed by atoms with Crippen LogP contribution in [-0.2, 0) is 10.0 Å². The first-order valence-electron chi connectivity index (χ1n) is 8.10. The normalized spacial score (nSPS) is 11.7. The molecule has 0 atom stereocenters. The van der Waals surface area contributed by atoms with Crippen LogP contribution in [0.15, 0.2) is 50.9 Å². The number of nitrogens with zero attached hydrogens (tertiary/aromatic N) is 1. The average molecular weight is 373 g/mol. The quantitative estimate of drug-likeness (QED) is 0.683. The van der Waals surface area contributed by atoms with Gasteiger partial charge in [0.05, 0.1) is 21.6 Å². The van der Waals surface area contributed by atoms with E-state index in [1.54, 1.807) is 38.1 Å². The minimum Gasteiger partial charge on any atom is -0.316 e. The van der Waals surface area contributed by atoms with Crippen LogP contribution in [0, 0.1) is 13.8 Å². The Morgan fingerprint density at radius 1 is 0.962 bits per heavy atom. The molecule has 0 amide bonds. The van der Waals surface area contributed by atoms with Gasteiger partial charge in [0.25, 0.3) is 10.0 Å². The molecule has 0 radical (unpaired) electrons. The van der Waals surface area contributed by atoms with Gasteiger partial charge >= 0.3 is 11.1 Å². The van der Waals surface area contributed by atoms with Gasteiger partial charge in [-0.05, 0) is 56.2 Å². The zero-order chi connectivity index (χ0) is 19.1. The van der Waals surface area contributed by atoms with Crippen LogP contribution in [0.1, 0.15) is 18.1 Å². The molecule has 136 valence electrons. The molecule has 2 N–H and O–H groups in total. The molecule has 1 aromatic heterocycles. The number of H-pyrrole nitrogens is 2. The number of hydrogen-bond acceptors (Lipinski definition) is 4. The highest BCUT2D eigenvalue weighted by Crippen LogP contribution is 2.27. The van der Waals surface area contributed by atoms with Crippen LogP contribution >= 0.6 is 0 Å². The molecule has 8 heteroatoms. The lowest BCUT2D eigenvalue weighted by atomic mass is 10.2. The van der Waals surface area contributed by atoms with Crippen LogP contribution in [-0.4, -0.2) is 24.9 Å². The maximum Gasteiger partial charge on any atom is 0.314 e. The average Bonchev–Trinajstić information content (AvgIpc) is 2.56. The number of benzene rings is 2. The van der Waals surface area contributed by atoms with Crippen molar-refractivity contribution in [3.8, 4) is 0 Å². The van der Waals surface area contributed by atoms with Crippen molar-refractivity contribution < 1.29 is 8.42 Å². The van der Waals surface area contributed by atoms with Crippen molar-refractivity contribution in [1.29, 1.82) is 0 Å². The molecule has 0 aliphatic rings. The molecule has 0 spiro atoms. The van der Waals surface area contributed by atoms with E-state index in [9.17, 15) is 18.0 Å². The van der Waals surface area contributed by atoms with E-state index < -0.39 is 21.1 Å². The fraction of sp³-hybridized carbons (Fsp3) is 0.222. The second-order valence-corrected chi connectivity index (χ2v) is 7.91. The Kier molecular flexibility index (Phi) is 4.45. The number of aryl methyl sites for hydroxylation is 2. The Balaban J connectivity index is 2.22. The number of aromatic amines is 2. The van der Waals surface area contributed by atoms with E-state index in [0.717, 1.165) is 5.56 Å². The molecule has 3 aromatic rings. The van der Waals surface area contributed by atoms with Crippen LogP contribution in [0.25, 0.3) is 11.0 Å². The molecule has 1 heterocycles. The molecule has 26 heavy (non-hydrogen) atoms. The molecule has 0 aliphatic heterocycles. The Hall–Kier alpha value is -2.87. The molecule has 7 nitrogen and oxygen atoms in total. The van der Waals surface area contributed by atoms with Crippen molar-refractivity contribution in [2.24, 2.45) is 0 Å². The summed E-state index contributed by atoms with van der Waals surface area (Å²) in [5.41, 5.74) is 1.04. The zero-order valence-electron chi connectivity index (χ0n) is 14.7. The number of fused-ring (bicyclic) bond motifs is 1. The van der Waals surface area contributed by atoms with Gasteiger partial charge in [-0.1, -0.05) is 12.1 Å². The summed E-state index contributed by atoms with van der Waals surface area (Å²) >= 11 is 0. The lowest BCUT2D eigenvalue weighted by Crippen LogP contribution is -2.32. The fourth-order valence-corrected chi connectivity index (χ4v) is 4.63. The van der Waals surface area contributed by atoms with Crippen molar-refractivity contribution in [2.75, 3.05) is 10.8 Å². The molecular formula is C18H19N3O4S. The highest BCUT2D eigenvalue weighted by molar-refractivity contribution is 7.92. The van der Waals surface area contributed by atoms with E-state index >= 15 is 0 Å². The molecule has 0 saturated heterocycles. The molecule has 0 bridgehead atoms. The van der Waals surface area contributed by atoms with Crippen molar-refractivity contribution in [2.45, 2.75) is 25.7 Å². The molecular weight excluding hydrogens is 354 g/mol. The van der Waals surface area contributed by atoms with Crippen molar-refractivity contribution in [3.05, 3.63) is 68.2 Å². The predicted molar refractivity (Wildman–Crippen MR) is 101 cm³/mol. The van der Waals surface area contributed by atoms with E-state index in [-0.39, 0.29) is 17.0 Å². The van der Waals surface area contributed by atoms with Crippen molar-refractivity contribution in [3.63, 3.8) is 0 Å². The van der Waals surface area contributed by atoms with Gasteiger partial charge < -0.3 is 9.97 Å². The van der Waals surface area contributed by atoms with Gasteiger partial charge in [-0.25, -0.2) is 8.42 Å². The summed E-state index contributed by atoms with van der Waals surface area (Å²) in [6.45, 7) is 5.56. The summed E-state index contributed by atoms with van der Waals surface area (Å²) < 4.78 is 27.8. The van der Waals surface area contributed by atoms with E-state index in [4.69, 9.17) is 0 Å².